The van der Waals surface area contributed by atoms with Crippen LogP contribution in [0.1, 0.15) is 74.1 Å². The summed E-state index contributed by atoms with van der Waals surface area (Å²) in [5.41, 5.74) is 2.41. The Labute approximate surface area is 451 Å². The fourth-order valence-corrected chi connectivity index (χ4v) is 9.76. The predicted octanol–water partition coefficient (Wildman–Crippen LogP) is -5.62. The van der Waals surface area contributed by atoms with Crippen LogP contribution >= 0.6 is 0 Å². The fraction of sp³-hybridized carbons (Fsp3) is 0.880. The van der Waals surface area contributed by atoms with E-state index >= 15 is 0 Å². The van der Waals surface area contributed by atoms with E-state index < -0.39 is 197 Å². The van der Waals surface area contributed by atoms with Crippen molar-refractivity contribution in [3.8, 4) is 0 Å². The molecule has 0 aromatic heterocycles. The number of aliphatic hydroxyl groups is 16. The zero-order valence-electron chi connectivity index (χ0n) is 44.6. The lowest BCUT2D eigenvalue weighted by Gasteiger charge is -2.48. The molecule has 0 radical (unpaired) electrons. The van der Waals surface area contributed by atoms with Gasteiger partial charge in [0.25, 0.3) is 0 Å². The van der Waals surface area contributed by atoms with E-state index in [1.165, 1.54) is 34.0 Å². The minimum Gasteiger partial charge on any atom is -0.470 e. The van der Waals surface area contributed by atoms with Crippen molar-refractivity contribution in [2.75, 3.05) is 19.8 Å². The predicted molar refractivity (Wildman–Crippen MR) is 259 cm³/mol. The number of hydrogen-bond acceptors (Lipinski definition) is 28. The van der Waals surface area contributed by atoms with Gasteiger partial charge in [0.15, 0.2) is 37.6 Å². The minimum absolute atomic E-state index is 0.0999. The van der Waals surface area contributed by atoms with Crippen LogP contribution in [0.4, 0.5) is 0 Å². The average Bonchev–Trinajstić information content (AvgIpc) is 3.46. The summed E-state index contributed by atoms with van der Waals surface area (Å²) in [6.45, 7) is 9.57. The van der Waals surface area contributed by atoms with Gasteiger partial charge in [0, 0.05) is 0 Å². The monoisotopic (exact) mass is 1130 g/mol. The lowest BCUT2D eigenvalue weighted by molar-refractivity contribution is -0.388. The molecule has 6 rings (SSSR count). The van der Waals surface area contributed by atoms with E-state index in [1.54, 1.807) is 13.8 Å². The summed E-state index contributed by atoms with van der Waals surface area (Å²) in [6.07, 6.45) is -38.7. The van der Waals surface area contributed by atoms with Gasteiger partial charge in [-0.05, 0) is 79.7 Å². The molecule has 6 aliphatic heterocycles. The lowest BCUT2D eigenvalue weighted by atomic mass is 9.96. The third-order valence-electron chi connectivity index (χ3n) is 14.9. The fourth-order valence-electron chi connectivity index (χ4n) is 9.76. The van der Waals surface area contributed by atoms with Crippen LogP contribution in [0.5, 0.6) is 0 Å². The molecule has 28 nitrogen and oxygen atoms in total. The molecule has 452 valence electrons. The molecule has 78 heavy (non-hydrogen) atoms. The highest BCUT2D eigenvalue weighted by Crippen LogP contribution is 2.36. The first-order valence-corrected chi connectivity index (χ1v) is 26.3. The first-order valence-electron chi connectivity index (χ1n) is 26.3. The molecule has 30 atom stereocenters. The summed E-state index contributed by atoms with van der Waals surface area (Å²) in [6, 6.07) is 0. The van der Waals surface area contributed by atoms with Gasteiger partial charge < -0.3 is 139 Å². The maximum Gasteiger partial charge on any atom is 0.228 e. The highest BCUT2D eigenvalue weighted by Gasteiger charge is 2.56. The van der Waals surface area contributed by atoms with Gasteiger partial charge in [0.05, 0.1) is 50.5 Å². The van der Waals surface area contributed by atoms with E-state index in [0.29, 0.717) is 36.8 Å². The van der Waals surface area contributed by atoms with E-state index in [4.69, 9.17) is 56.8 Å². The molecule has 0 bridgehead atoms. The zero-order valence-corrected chi connectivity index (χ0v) is 44.6. The second-order valence-corrected chi connectivity index (χ2v) is 21.2. The van der Waals surface area contributed by atoms with Crippen molar-refractivity contribution >= 4 is 0 Å². The standard InChI is InChI=1S/C50H84O28/c1-18(10-8-12-19(2)16-67-49-43(77-47-39(65)35(61)29(55)23(6)71-47)41(31(57)25(14-51)73-49)75-45-37(63)33(59)27(53)21(4)69-45)11-9-13-20(3)17-68-50-44(78-48-40(66)36(62)30(56)24(7)72-48)42(32(58)26(15-52)74-50)76-46-38(64)34(60)28(54)22(5)70-46/h10,13,16,21-66H,8-9,11-12,14-15,17H2,1-7H3/b18-10+,19-16+,20-13-/t21-,22-,23-,24-,25-,26-,27+,28+,29+,30-,31-,32-,33-,34-,35-,36-,37-,38-,39-,40-,41+,42+,43-,44-,45+,46+,47+,48+,49-,50-/m1/s1. The van der Waals surface area contributed by atoms with Crippen LogP contribution in [0, 0.1) is 0 Å². The Hall–Kier alpha value is -2.06. The highest BCUT2D eigenvalue weighted by atomic mass is 16.8. The van der Waals surface area contributed by atoms with Crippen molar-refractivity contribution in [3.05, 3.63) is 35.1 Å². The molecule has 6 aliphatic rings. The molecule has 0 aromatic carbocycles. The Morgan fingerprint density at radius 1 is 0.359 bits per heavy atom. The third-order valence-corrected chi connectivity index (χ3v) is 14.9. The molecule has 0 saturated carbocycles. The maximum absolute atomic E-state index is 11.4. The summed E-state index contributed by atoms with van der Waals surface area (Å²) in [5.74, 6) is 0. The second kappa shape index (κ2) is 29.0. The number of hydrogen-bond donors (Lipinski definition) is 16. The van der Waals surface area contributed by atoms with Crippen molar-refractivity contribution in [2.45, 2.75) is 258 Å². The number of ether oxygens (including phenoxy) is 12. The molecular weight excluding hydrogens is 1050 g/mol. The van der Waals surface area contributed by atoms with Crippen LogP contribution in [0.2, 0.25) is 0 Å². The first-order chi connectivity index (χ1) is 36.8. The largest absolute Gasteiger partial charge is 0.470 e. The van der Waals surface area contributed by atoms with E-state index in [1.807, 2.05) is 19.1 Å². The van der Waals surface area contributed by atoms with Gasteiger partial charge in [-0.2, -0.15) is 0 Å². The van der Waals surface area contributed by atoms with Crippen LogP contribution in [-0.4, -0.2) is 286 Å². The van der Waals surface area contributed by atoms with Gasteiger partial charge in [0.2, 0.25) is 6.29 Å². The van der Waals surface area contributed by atoms with Gasteiger partial charge in [0.1, 0.15) is 116 Å². The Morgan fingerprint density at radius 3 is 1.05 bits per heavy atom. The van der Waals surface area contributed by atoms with Gasteiger partial charge in [-0.25, -0.2) is 0 Å². The summed E-state index contributed by atoms with van der Waals surface area (Å²) in [4.78, 5) is 0. The highest BCUT2D eigenvalue weighted by molar-refractivity contribution is 5.07. The molecule has 0 aromatic rings. The van der Waals surface area contributed by atoms with E-state index in [9.17, 15) is 81.7 Å². The van der Waals surface area contributed by atoms with Crippen LogP contribution < -0.4 is 0 Å². The smallest absolute Gasteiger partial charge is 0.228 e. The minimum atomic E-state index is -1.82. The van der Waals surface area contributed by atoms with Crippen LogP contribution in [-0.2, 0) is 56.8 Å². The van der Waals surface area contributed by atoms with Crippen molar-refractivity contribution in [3.63, 3.8) is 0 Å². The zero-order chi connectivity index (χ0) is 57.6. The Kier molecular flexibility index (Phi) is 24.2. The molecular formula is C50H84O28. The number of rotatable bonds is 21. The Morgan fingerprint density at radius 2 is 0.679 bits per heavy atom. The van der Waals surface area contributed by atoms with Gasteiger partial charge in [-0.1, -0.05) is 23.3 Å². The maximum atomic E-state index is 11.4. The molecule has 6 heterocycles. The summed E-state index contributed by atoms with van der Waals surface area (Å²) in [7, 11) is 0. The SMILES string of the molecule is C/C(=C/CC/C(C)=C/CC/C(C)=C/O[C@@H]1O[C@H](CO)[C@@H](O)[C@H](O[C@@H]2O[C@H](C)[C@H](O)[C@@H](O)[C@H]2O)[C@H]1O[C@@H]1O[C@H](C)[C@H](O)[C@@H](O)[C@H]1O)CO[C@@H]1O[C@H](CO)[C@@H](O)[C@H](O[C@@H]2O[C@H](C)[C@H](O)[C@@H](O)[C@H]2O)[C@H]1O[C@@H]1O[C@H](C)[C@@H](O)[C@@H](O)[C@H]1O. The Balaban J connectivity index is 1.08. The van der Waals surface area contributed by atoms with Crippen molar-refractivity contribution in [1.82, 2.24) is 0 Å². The van der Waals surface area contributed by atoms with Crippen molar-refractivity contribution in [2.24, 2.45) is 0 Å². The van der Waals surface area contributed by atoms with Gasteiger partial charge >= 0.3 is 0 Å². The van der Waals surface area contributed by atoms with E-state index in [2.05, 4.69) is 0 Å². The number of aliphatic hydroxyl groups excluding tert-OH is 16. The van der Waals surface area contributed by atoms with E-state index in [-0.39, 0.29) is 6.61 Å². The topological polar surface area (TPSA) is 434 Å². The van der Waals surface area contributed by atoms with Crippen molar-refractivity contribution < 1.29 is 139 Å². The Bertz CT molecular complexity index is 1930. The molecule has 16 N–H and O–H groups in total. The summed E-state index contributed by atoms with van der Waals surface area (Å²) >= 11 is 0. The molecule has 0 aliphatic carbocycles. The molecule has 0 amide bonds. The second-order valence-electron chi connectivity index (χ2n) is 21.2. The lowest BCUT2D eigenvalue weighted by Crippen LogP contribution is -2.66. The molecule has 6 fully saturated rings. The molecule has 28 heteroatoms. The van der Waals surface area contributed by atoms with E-state index in [0.717, 1.165) is 5.57 Å². The molecule has 0 spiro atoms. The van der Waals surface area contributed by atoms with Crippen LogP contribution in [0.25, 0.3) is 0 Å². The summed E-state index contributed by atoms with van der Waals surface area (Å²) < 4.78 is 70.7. The third kappa shape index (κ3) is 15.4. The van der Waals surface area contributed by atoms with Crippen molar-refractivity contribution in [1.29, 1.82) is 0 Å². The normalized spacial score (nSPS) is 48.2. The summed E-state index contributed by atoms with van der Waals surface area (Å²) in [5, 5.41) is 170. The van der Waals surface area contributed by atoms with Gasteiger partial charge in [-0.3, -0.25) is 0 Å². The van der Waals surface area contributed by atoms with Crippen LogP contribution in [0.15, 0.2) is 35.1 Å². The average molecular weight is 1130 g/mol. The number of allylic oxidation sites excluding steroid dienone is 4. The quantitative estimate of drug-likeness (QED) is 0.0376. The van der Waals surface area contributed by atoms with Gasteiger partial charge in [-0.15, -0.1) is 0 Å². The first kappa shape index (κ1) is 65.1. The molecule has 0 unspecified atom stereocenters. The molecule has 6 saturated heterocycles. The van der Waals surface area contributed by atoms with Crippen LogP contribution in [0.3, 0.4) is 0 Å².